The van der Waals surface area contributed by atoms with Gasteiger partial charge in [-0.15, -0.1) is 0 Å². The molecular weight excluding hydrogens is 290 g/mol. The van der Waals surface area contributed by atoms with Crippen LogP contribution in [0.3, 0.4) is 0 Å². The minimum Gasteiger partial charge on any atom is -0.395 e. The second-order valence-electron chi connectivity index (χ2n) is 7.93. The van der Waals surface area contributed by atoms with Crippen LogP contribution in [-0.4, -0.2) is 53.9 Å². The van der Waals surface area contributed by atoms with Crippen LogP contribution in [0.2, 0.25) is 0 Å². The summed E-state index contributed by atoms with van der Waals surface area (Å²) in [4.78, 5) is 25.0. The number of ketones is 2. The van der Waals surface area contributed by atoms with E-state index in [-0.39, 0.29) is 42.2 Å². The van der Waals surface area contributed by atoms with E-state index < -0.39 is 5.92 Å². The molecule has 3 fully saturated rings. The Labute approximate surface area is 136 Å². The van der Waals surface area contributed by atoms with Crippen molar-refractivity contribution in [2.45, 2.75) is 30.8 Å². The first kappa shape index (κ1) is 15.0. The summed E-state index contributed by atoms with van der Waals surface area (Å²) < 4.78 is 0.889. The molecule has 0 aromatic heterocycles. The van der Waals surface area contributed by atoms with Gasteiger partial charge in [-0.3, -0.25) is 9.59 Å². The average Bonchev–Trinajstić information content (AvgIpc) is 3.17. The van der Waals surface area contributed by atoms with E-state index >= 15 is 0 Å². The number of hydrogen-bond acceptors (Lipinski definition) is 3. The van der Waals surface area contributed by atoms with E-state index in [0.717, 1.165) is 22.9 Å². The van der Waals surface area contributed by atoms with Crippen molar-refractivity contribution in [3.05, 3.63) is 35.9 Å². The monoisotopic (exact) mass is 314 g/mol. The van der Waals surface area contributed by atoms with E-state index in [1.807, 2.05) is 30.3 Å². The Morgan fingerprint density at radius 2 is 1.74 bits per heavy atom. The quantitative estimate of drug-likeness (QED) is 0.855. The normalized spacial score (nSPS) is 38.0. The van der Waals surface area contributed by atoms with Crippen molar-refractivity contribution in [1.29, 1.82) is 0 Å². The summed E-state index contributed by atoms with van der Waals surface area (Å²) in [7, 11) is 4.41. The lowest BCUT2D eigenvalue weighted by Gasteiger charge is -2.46. The molecule has 1 aliphatic carbocycles. The number of benzene rings is 1. The third-order valence-corrected chi connectivity index (χ3v) is 6.66. The highest BCUT2D eigenvalue weighted by Gasteiger charge is 2.74. The zero-order valence-electron chi connectivity index (χ0n) is 13.7. The van der Waals surface area contributed by atoms with Crippen molar-refractivity contribution in [3.8, 4) is 0 Å². The molecule has 1 aromatic carbocycles. The smallest absolute Gasteiger partial charge is 0.152 e. The molecule has 0 spiro atoms. The van der Waals surface area contributed by atoms with Crippen molar-refractivity contribution in [3.63, 3.8) is 0 Å². The Hall–Kier alpha value is -1.52. The number of piperidine rings is 2. The molecule has 2 bridgehead atoms. The summed E-state index contributed by atoms with van der Waals surface area (Å²) in [6.07, 6.45) is 1.58. The van der Waals surface area contributed by atoms with Crippen LogP contribution in [0.25, 0.3) is 0 Å². The fraction of sp³-hybridized carbons (Fsp3) is 0.579. The van der Waals surface area contributed by atoms with Crippen LogP contribution in [0.4, 0.5) is 0 Å². The Morgan fingerprint density at radius 1 is 1.17 bits per heavy atom. The van der Waals surface area contributed by atoms with Crippen molar-refractivity contribution in [2.24, 2.45) is 17.8 Å². The van der Waals surface area contributed by atoms with E-state index in [9.17, 15) is 14.7 Å². The Balaban J connectivity index is 1.56. The van der Waals surface area contributed by atoms with Crippen LogP contribution in [0.1, 0.15) is 24.3 Å². The first-order valence-corrected chi connectivity index (χ1v) is 8.53. The number of aliphatic hydroxyl groups excluding tert-OH is 1. The maximum atomic E-state index is 13.0. The molecule has 4 heteroatoms. The molecule has 0 radical (unpaired) electrons. The van der Waals surface area contributed by atoms with Gasteiger partial charge in [0, 0.05) is 18.8 Å². The second kappa shape index (κ2) is 4.99. The highest BCUT2D eigenvalue weighted by molar-refractivity contribution is 6.01. The van der Waals surface area contributed by atoms with Gasteiger partial charge >= 0.3 is 0 Å². The molecule has 4 rings (SSSR count). The number of Topliss-reactive ketones (excluding diaryl/α,β-unsaturated/α-hetero) is 2. The summed E-state index contributed by atoms with van der Waals surface area (Å²) in [5, 5.41) is 9.75. The third-order valence-electron chi connectivity index (χ3n) is 6.66. The number of carbonyl (C=O) groups is 2. The number of quaternary nitrogens is 1. The van der Waals surface area contributed by atoms with E-state index in [4.69, 9.17) is 0 Å². The Kier molecular flexibility index (Phi) is 3.26. The molecule has 1 saturated carbocycles. The zero-order chi connectivity index (χ0) is 16.4. The number of hydrogen-bond donors (Lipinski definition) is 1. The largest absolute Gasteiger partial charge is 0.395 e. The summed E-state index contributed by atoms with van der Waals surface area (Å²) in [6, 6.07) is 10.1. The molecule has 23 heavy (non-hydrogen) atoms. The lowest BCUT2D eigenvalue weighted by molar-refractivity contribution is -0.934. The summed E-state index contributed by atoms with van der Waals surface area (Å²) in [5.41, 5.74) is 0.896. The van der Waals surface area contributed by atoms with E-state index in [0.29, 0.717) is 5.78 Å². The number of nitrogens with zero attached hydrogens (tertiary/aromatic N) is 1. The van der Waals surface area contributed by atoms with Gasteiger partial charge in [0.15, 0.2) is 5.78 Å². The first-order valence-electron chi connectivity index (χ1n) is 8.53. The molecule has 0 amide bonds. The van der Waals surface area contributed by atoms with Gasteiger partial charge < -0.3 is 9.59 Å². The van der Waals surface area contributed by atoms with E-state index in [2.05, 4.69) is 14.1 Å². The predicted octanol–water partition coefficient (Wildman–Crippen LogP) is 1.38. The van der Waals surface area contributed by atoms with Gasteiger partial charge in [0.1, 0.15) is 17.9 Å². The lowest BCUT2D eigenvalue weighted by Crippen LogP contribution is -2.59. The van der Waals surface area contributed by atoms with Crippen LogP contribution >= 0.6 is 0 Å². The molecule has 2 heterocycles. The maximum Gasteiger partial charge on any atom is 0.152 e. The molecular formula is C19H24NO3+. The highest BCUT2D eigenvalue weighted by Crippen LogP contribution is 2.59. The molecule has 2 saturated heterocycles. The van der Waals surface area contributed by atoms with E-state index in [1.165, 1.54) is 0 Å². The van der Waals surface area contributed by atoms with Gasteiger partial charge in [-0.05, 0) is 5.56 Å². The topological polar surface area (TPSA) is 54.4 Å². The van der Waals surface area contributed by atoms with Crippen LogP contribution in [0.15, 0.2) is 30.3 Å². The number of aliphatic hydroxyl groups is 1. The maximum absolute atomic E-state index is 13.0. The van der Waals surface area contributed by atoms with Gasteiger partial charge in [0.25, 0.3) is 0 Å². The Bertz CT molecular complexity index is 630. The zero-order valence-corrected chi connectivity index (χ0v) is 13.7. The summed E-state index contributed by atoms with van der Waals surface area (Å²) in [6.45, 7) is -0.140. The van der Waals surface area contributed by atoms with Crippen LogP contribution in [-0.2, 0) is 9.59 Å². The Morgan fingerprint density at radius 3 is 2.26 bits per heavy atom. The fourth-order valence-electron chi connectivity index (χ4n) is 5.29. The lowest BCUT2D eigenvalue weighted by atomic mass is 9.78. The van der Waals surface area contributed by atoms with Crippen molar-refractivity contribution < 1.29 is 19.2 Å². The molecule has 1 N–H and O–H groups in total. The average molecular weight is 314 g/mol. The molecule has 2 aliphatic heterocycles. The van der Waals surface area contributed by atoms with Gasteiger partial charge in [-0.25, -0.2) is 0 Å². The van der Waals surface area contributed by atoms with Gasteiger partial charge in [0.05, 0.1) is 38.5 Å². The molecule has 1 aromatic rings. The van der Waals surface area contributed by atoms with Gasteiger partial charge in [-0.2, -0.15) is 0 Å². The first-order chi connectivity index (χ1) is 11.0. The van der Waals surface area contributed by atoms with Crippen molar-refractivity contribution in [1.82, 2.24) is 0 Å². The molecule has 3 aliphatic rings. The van der Waals surface area contributed by atoms with Gasteiger partial charge in [-0.1, -0.05) is 30.3 Å². The molecule has 6 atom stereocenters. The van der Waals surface area contributed by atoms with Crippen LogP contribution < -0.4 is 0 Å². The third kappa shape index (κ3) is 2.05. The minimum atomic E-state index is -0.429. The standard InChI is InChI=1S/C19H24NO3/c1-20(2)14-8-12(9-15(20)17-16(14)19(17)23)18(22)13(10-21)11-6-4-3-5-7-11/h3-7,12-17,21H,8-10H2,1-2H3/q+1/t12?,13-,14-,15+,16-,17+/m1/s1. The predicted molar refractivity (Wildman–Crippen MR) is 85.7 cm³/mol. The SMILES string of the molecule is C[N+]1(C)[C@@H]2CC(C(=O)[C@H](CO)c3ccccc3)C[C@H]1[C@@H]1C(=O)[C@@H]12. The minimum absolute atomic E-state index is 0.0193. The van der Waals surface area contributed by atoms with E-state index in [1.54, 1.807) is 0 Å². The van der Waals surface area contributed by atoms with Crippen molar-refractivity contribution in [2.75, 3.05) is 20.7 Å². The number of fused-ring (bicyclic) bond motifs is 5. The van der Waals surface area contributed by atoms with Crippen LogP contribution in [0.5, 0.6) is 0 Å². The number of carbonyl (C=O) groups excluding carboxylic acids is 2. The molecule has 1 unspecified atom stereocenters. The molecule has 122 valence electrons. The second-order valence-corrected chi connectivity index (χ2v) is 7.93. The molecule has 4 nitrogen and oxygen atoms in total. The highest BCUT2D eigenvalue weighted by atomic mass is 16.3. The summed E-state index contributed by atoms with van der Waals surface area (Å²) in [5.74, 6) is 0.511. The number of rotatable bonds is 4. The fourth-order valence-corrected chi connectivity index (χ4v) is 5.29. The van der Waals surface area contributed by atoms with Crippen LogP contribution in [0, 0.1) is 17.8 Å². The van der Waals surface area contributed by atoms with Crippen molar-refractivity contribution >= 4 is 11.6 Å². The van der Waals surface area contributed by atoms with Gasteiger partial charge in [0.2, 0.25) is 0 Å². The summed E-state index contributed by atoms with van der Waals surface area (Å²) >= 11 is 0.